The molecular weight excluding hydrogens is 224 g/mol. The zero-order valence-electron chi connectivity index (χ0n) is 9.78. The molecule has 0 amide bonds. The van der Waals surface area contributed by atoms with Gasteiger partial charge in [-0.2, -0.15) is 0 Å². The van der Waals surface area contributed by atoms with Gasteiger partial charge in [-0.25, -0.2) is 4.98 Å². The number of nitrogens with one attached hydrogen (secondary N) is 1. The molecule has 1 aromatic heterocycles. The molecule has 2 rings (SSSR count). The summed E-state index contributed by atoms with van der Waals surface area (Å²) in [7, 11) is 0. The number of aromatic nitrogens is 1. The highest BCUT2D eigenvalue weighted by Gasteiger charge is 2.29. The molecule has 0 spiro atoms. The maximum atomic E-state index is 5.52. The Balaban J connectivity index is 1.65. The van der Waals surface area contributed by atoms with Crippen molar-refractivity contribution >= 4 is 11.3 Å². The molecule has 0 aromatic carbocycles. The van der Waals surface area contributed by atoms with Crippen LogP contribution in [0.3, 0.4) is 0 Å². The van der Waals surface area contributed by atoms with Crippen LogP contribution in [0.2, 0.25) is 0 Å². The topological polar surface area (TPSA) is 43.4 Å². The minimum atomic E-state index is -0.383. The fraction of sp³-hybridized carbons (Fsp3) is 0.727. The Morgan fingerprint density at radius 2 is 2.25 bits per heavy atom. The molecule has 1 aliphatic heterocycles. The first-order valence-corrected chi connectivity index (χ1v) is 6.46. The van der Waals surface area contributed by atoms with Gasteiger partial charge in [0.05, 0.1) is 13.2 Å². The van der Waals surface area contributed by atoms with Crippen molar-refractivity contribution in [1.29, 1.82) is 0 Å². The number of ether oxygens (including phenoxy) is 2. The number of nitrogens with zero attached hydrogens (tertiary/aromatic N) is 1. The van der Waals surface area contributed by atoms with Gasteiger partial charge in [-0.15, -0.1) is 11.3 Å². The highest BCUT2D eigenvalue weighted by molar-refractivity contribution is 7.09. The molecule has 0 unspecified atom stereocenters. The largest absolute Gasteiger partial charge is 0.348 e. The number of aryl methyl sites for hydroxylation is 1. The molecule has 1 aliphatic rings. The van der Waals surface area contributed by atoms with Crippen LogP contribution in [0.4, 0.5) is 0 Å². The van der Waals surface area contributed by atoms with Crippen molar-refractivity contribution in [2.45, 2.75) is 32.6 Å². The predicted octanol–water partition coefficient (Wildman–Crippen LogP) is 1.69. The van der Waals surface area contributed by atoms with Gasteiger partial charge in [0.15, 0.2) is 5.79 Å². The van der Waals surface area contributed by atoms with E-state index in [4.69, 9.17) is 9.47 Å². The van der Waals surface area contributed by atoms with Gasteiger partial charge in [-0.1, -0.05) is 0 Å². The molecule has 16 heavy (non-hydrogen) atoms. The summed E-state index contributed by atoms with van der Waals surface area (Å²) in [5.41, 5.74) is 1.09. The van der Waals surface area contributed by atoms with Crippen LogP contribution in [0.15, 0.2) is 5.38 Å². The molecule has 0 saturated carbocycles. The number of hydrogen-bond acceptors (Lipinski definition) is 5. The van der Waals surface area contributed by atoms with Gasteiger partial charge in [-0.3, -0.25) is 0 Å². The Morgan fingerprint density at radius 3 is 2.88 bits per heavy atom. The summed E-state index contributed by atoms with van der Waals surface area (Å²) in [6.45, 7) is 7.14. The normalized spacial score (nSPS) is 19.1. The van der Waals surface area contributed by atoms with Crippen LogP contribution in [0.1, 0.15) is 24.0 Å². The van der Waals surface area contributed by atoms with Crippen LogP contribution in [-0.4, -0.2) is 30.5 Å². The quantitative estimate of drug-likeness (QED) is 0.798. The Morgan fingerprint density at radius 1 is 1.50 bits per heavy atom. The maximum absolute atomic E-state index is 5.52. The molecule has 90 valence electrons. The molecule has 4 nitrogen and oxygen atoms in total. The summed E-state index contributed by atoms with van der Waals surface area (Å²) < 4.78 is 11.0. The third kappa shape index (κ3) is 3.25. The van der Waals surface area contributed by atoms with Crippen LogP contribution in [0.25, 0.3) is 0 Å². The van der Waals surface area contributed by atoms with Crippen molar-refractivity contribution in [2.24, 2.45) is 0 Å². The summed E-state index contributed by atoms with van der Waals surface area (Å²) in [6.07, 6.45) is 0.872. The number of rotatable bonds is 5. The molecule has 0 bridgehead atoms. The summed E-state index contributed by atoms with van der Waals surface area (Å²) in [4.78, 5) is 4.39. The van der Waals surface area contributed by atoms with Gasteiger partial charge in [0.2, 0.25) is 0 Å². The van der Waals surface area contributed by atoms with E-state index in [0.717, 1.165) is 30.2 Å². The Labute approximate surface area is 100.0 Å². The minimum Gasteiger partial charge on any atom is -0.348 e. The fourth-order valence-corrected chi connectivity index (χ4v) is 2.44. The van der Waals surface area contributed by atoms with Crippen LogP contribution >= 0.6 is 11.3 Å². The fourth-order valence-electron chi connectivity index (χ4n) is 1.70. The molecule has 0 aliphatic carbocycles. The van der Waals surface area contributed by atoms with Gasteiger partial charge in [0, 0.05) is 30.6 Å². The van der Waals surface area contributed by atoms with E-state index in [2.05, 4.69) is 15.7 Å². The molecular formula is C11H18N2O2S. The summed E-state index contributed by atoms with van der Waals surface area (Å²) in [5, 5.41) is 6.56. The highest BCUT2D eigenvalue weighted by atomic mass is 32.1. The Hall–Kier alpha value is -0.490. The van der Waals surface area contributed by atoms with Crippen molar-refractivity contribution < 1.29 is 9.47 Å². The van der Waals surface area contributed by atoms with E-state index in [1.807, 2.05) is 13.8 Å². The molecule has 0 atom stereocenters. The number of thiazole rings is 1. The van der Waals surface area contributed by atoms with Crippen LogP contribution in [-0.2, 0) is 16.0 Å². The lowest BCUT2D eigenvalue weighted by Gasteiger charge is -2.21. The molecule has 5 heteroatoms. The van der Waals surface area contributed by atoms with Crippen LogP contribution in [0.5, 0.6) is 0 Å². The van der Waals surface area contributed by atoms with E-state index < -0.39 is 0 Å². The second-order valence-corrected chi connectivity index (χ2v) is 5.08. The molecule has 1 saturated heterocycles. The first-order chi connectivity index (χ1) is 7.68. The Bertz CT molecular complexity index is 334. The highest BCUT2D eigenvalue weighted by Crippen LogP contribution is 2.21. The zero-order valence-corrected chi connectivity index (χ0v) is 10.6. The summed E-state index contributed by atoms with van der Waals surface area (Å²) in [5.74, 6) is -0.383. The average molecular weight is 242 g/mol. The van der Waals surface area contributed by atoms with Crippen molar-refractivity contribution in [1.82, 2.24) is 10.3 Å². The molecule has 0 radical (unpaired) electrons. The standard InChI is InChI=1S/C11H18N2O2S/c1-9-8-16-10(13-9)7-12-4-3-11(2)14-5-6-15-11/h8,12H,3-7H2,1-2H3. The summed E-state index contributed by atoms with van der Waals surface area (Å²) >= 11 is 1.70. The third-order valence-electron chi connectivity index (χ3n) is 2.60. The zero-order chi connectivity index (χ0) is 11.4. The lowest BCUT2D eigenvalue weighted by atomic mass is 10.2. The van der Waals surface area contributed by atoms with Crippen molar-refractivity contribution in [3.63, 3.8) is 0 Å². The lowest BCUT2D eigenvalue weighted by Crippen LogP contribution is -2.30. The van der Waals surface area contributed by atoms with Crippen LogP contribution < -0.4 is 5.32 Å². The SMILES string of the molecule is Cc1csc(CNCCC2(C)OCCO2)n1. The Kier molecular flexibility index (Phi) is 3.91. The third-order valence-corrected chi connectivity index (χ3v) is 3.56. The smallest absolute Gasteiger partial charge is 0.166 e. The average Bonchev–Trinajstić information content (AvgIpc) is 2.84. The predicted molar refractivity (Wildman–Crippen MR) is 63.5 cm³/mol. The van der Waals surface area contributed by atoms with E-state index in [1.54, 1.807) is 11.3 Å². The second kappa shape index (κ2) is 5.23. The minimum absolute atomic E-state index is 0.383. The lowest BCUT2D eigenvalue weighted by molar-refractivity contribution is -0.145. The number of hydrogen-bond donors (Lipinski definition) is 1. The first kappa shape index (κ1) is 12.0. The summed E-state index contributed by atoms with van der Waals surface area (Å²) in [6, 6.07) is 0. The van der Waals surface area contributed by atoms with E-state index in [1.165, 1.54) is 0 Å². The monoisotopic (exact) mass is 242 g/mol. The first-order valence-electron chi connectivity index (χ1n) is 5.58. The van der Waals surface area contributed by atoms with E-state index in [0.29, 0.717) is 13.2 Å². The van der Waals surface area contributed by atoms with Crippen molar-refractivity contribution in [3.05, 3.63) is 16.1 Å². The van der Waals surface area contributed by atoms with Gasteiger partial charge in [0.1, 0.15) is 5.01 Å². The second-order valence-electron chi connectivity index (χ2n) is 4.14. The molecule has 1 fully saturated rings. The van der Waals surface area contributed by atoms with Crippen LogP contribution in [0, 0.1) is 6.92 Å². The molecule has 1 N–H and O–H groups in total. The van der Waals surface area contributed by atoms with Gasteiger partial charge in [-0.05, 0) is 13.8 Å². The van der Waals surface area contributed by atoms with Gasteiger partial charge < -0.3 is 14.8 Å². The van der Waals surface area contributed by atoms with Crippen molar-refractivity contribution in [2.75, 3.05) is 19.8 Å². The molecule has 2 heterocycles. The van der Waals surface area contributed by atoms with Gasteiger partial charge >= 0.3 is 0 Å². The van der Waals surface area contributed by atoms with E-state index in [-0.39, 0.29) is 5.79 Å². The molecule has 1 aromatic rings. The van der Waals surface area contributed by atoms with E-state index in [9.17, 15) is 0 Å². The van der Waals surface area contributed by atoms with Gasteiger partial charge in [0.25, 0.3) is 0 Å². The van der Waals surface area contributed by atoms with Crippen molar-refractivity contribution in [3.8, 4) is 0 Å². The maximum Gasteiger partial charge on any atom is 0.166 e. The van der Waals surface area contributed by atoms with E-state index >= 15 is 0 Å².